The quantitative estimate of drug-likeness (QED) is 0.844. The Hall–Kier alpha value is -2.57. The van der Waals surface area contributed by atoms with Crippen LogP contribution >= 0.6 is 0 Å². The fourth-order valence-corrected chi connectivity index (χ4v) is 3.28. The molecule has 0 saturated carbocycles. The minimum absolute atomic E-state index is 0.0852. The summed E-state index contributed by atoms with van der Waals surface area (Å²) in [5.74, 6) is 2.02. The first-order valence-corrected chi connectivity index (χ1v) is 8.60. The van der Waals surface area contributed by atoms with Gasteiger partial charge in [0.25, 0.3) is 5.91 Å². The van der Waals surface area contributed by atoms with Crippen LogP contribution in [0.4, 0.5) is 5.82 Å². The van der Waals surface area contributed by atoms with Crippen molar-refractivity contribution in [3.8, 4) is 0 Å². The third kappa shape index (κ3) is 4.29. The number of aryl methyl sites for hydroxylation is 1. The molecule has 0 spiro atoms. The number of hydrogen-bond acceptors (Lipinski definition) is 6. The van der Waals surface area contributed by atoms with Gasteiger partial charge in [-0.25, -0.2) is 19.9 Å². The first kappa shape index (κ1) is 17.3. The largest absolute Gasteiger partial charge is 0.356 e. The maximum Gasteiger partial charge on any atom is 0.272 e. The topological polar surface area (TPSA) is 75.1 Å². The van der Waals surface area contributed by atoms with Gasteiger partial charge >= 0.3 is 0 Å². The van der Waals surface area contributed by atoms with E-state index in [1.54, 1.807) is 31.5 Å². The van der Waals surface area contributed by atoms with Crippen LogP contribution in [0.15, 0.2) is 24.7 Å². The molecule has 1 saturated heterocycles. The molecule has 1 atom stereocenters. The third-order valence-electron chi connectivity index (χ3n) is 4.42. The molecular weight excluding hydrogens is 316 g/mol. The number of hydrogen-bond donors (Lipinski definition) is 0. The lowest BCUT2D eigenvalue weighted by Gasteiger charge is -2.33. The zero-order chi connectivity index (χ0) is 17.8. The molecule has 7 heteroatoms. The van der Waals surface area contributed by atoms with Crippen LogP contribution in [-0.4, -0.2) is 57.9 Å². The van der Waals surface area contributed by atoms with E-state index in [1.165, 1.54) is 0 Å². The fraction of sp³-hybridized carbons (Fsp3) is 0.500. The molecular formula is C18H24N6O. The molecule has 132 valence electrons. The van der Waals surface area contributed by atoms with Gasteiger partial charge in [-0.15, -0.1) is 0 Å². The van der Waals surface area contributed by atoms with E-state index >= 15 is 0 Å². The molecule has 1 amide bonds. The molecule has 1 fully saturated rings. The van der Waals surface area contributed by atoms with Gasteiger partial charge in [0.15, 0.2) is 0 Å². The second-order valence-electron chi connectivity index (χ2n) is 6.72. The fourth-order valence-electron chi connectivity index (χ4n) is 3.28. The van der Waals surface area contributed by atoms with E-state index in [1.807, 2.05) is 19.1 Å². The number of rotatable bonds is 4. The summed E-state index contributed by atoms with van der Waals surface area (Å²) >= 11 is 0. The summed E-state index contributed by atoms with van der Waals surface area (Å²) in [7, 11) is 3.47. The van der Waals surface area contributed by atoms with Crippen LogP contribution < -0.4 is 4.90 Å². The van der Waals surface area contributed by atoms with Gasteiger partial charge in [0.2, 0.25) is 0 Å². The normalized spacial score (nSPS) is 17.4. The number of aromatic nitrogens is 4. The number of carbonyl (C=O) groups is 1. The Morgan fingerprint density at radius 1 is 1.36 bits per heavy atom. The van der Waals surface area contributed by atoms with Crippen molar-refractivity contribution in [2.24, 2.45) is 5.92 Å². The van der Waals surface area contributed by atoms with E-state index in [9.17, 15) is 4.79 Å². The first-order chi connectivity index (χ1) is 12.0. The predicted octanol–water partition coefficient (Wildman–Crippen LogP) is 1.74. The Bertz CT molecular complexity index is 734. The van der Waals surface area contributed by atoms with Gasteiger partial charge in [0.05, 0.1) is 0 Å². The zero-order valence-corrected chi connectivity index (χ0v) is 15.0. The molecule has 3 rings (SSSR count). The number of piperidine rings is 1. The predicted molar refractivity (Wildman–Crippen MR) is 95.5 cm³/mol. The number of carbonyl (C=O) groups excluding carboxylic acids is 1. The van der Waals surface area contributed by atoms with Crippen LogP contribution in [0.2, 0.25) is 0 Å². The molecule has 1 aliphatic rings. The Morgan fingerprint density at radius 2 is 2.20 bits per heavy atom. The highest BCUT2D eigenvalue weighted by atomic mass is 16.2. The second kappa shape index (κ2) is 7.55. The maximum atomic E-state index is 12.2. The smallest absolute Gasteiger partial charge is 0.272 e. The zero-order valence-electron chi connectivity index (χ0n) is 15.0. The summed E-state index contributed by atoms with van der Waals surface area (Å²) in [6, 6.07) is 3.78. The van der Waals surface area contributed by atoms with E-state index in [0.717, 1.165) is 43.9 Å². The first-order valence-electron chi connectivity index (χ1n) is 8.60. The molecule has 0 aliphatic carbocycles. The summed E-state index contributed by atoms with van der Waals surface area (Å²) in [6.07, 6.45) is 6.49. The van der Waals surface area contributed by atoms with Crippen LogP contribution in [0.25, 0.3) is 0 Å². The van der Waals surface area contributed by atoms with Crippen LogP contribution in [0, 0.1) is 12.8 Å². The monoisotopic (exact) mass is 340 g/mol. The number of anilines is 1. The average molecular weight is 340 g/mol. The van der Waals surface area contributed by atoms with Crippen LogP contribution in [-0.2, 0) is 6.42 Å². The Balaban J connectivity index is 1.72. The molecule has 2 aromatic rings. The summed E-state index contributed by atoms with van der Waals surface area (Å²) in [4.78, 5) is 33.2. The summed E-state index contributed by atoms with van der Waals surface area (Å²) in [5, 5.41) is 0. The van der Waals surface area contributed by atoms with Crippen molar-refractivity contribution in [3.63, 3.8) is 0 Å². The van der Waals surface area contributed by atoms with Gasteiger partial charge in [-0.05, 0) is 44.2 Å². The maximum absolute atomic E-state index is 12.2. The van der Waals surface area contributed by atoms with Crippen LogP contribution in [0.3, 0.4) is 0 Å². The summed E-state index contributed by atoms with van der Waals surface area (Å²) in [6.45, 7) is 3.79. The van der Waals surface area contributed by atoms with Gasteiger partial charge in [-0.2, -0.15) is 0 Å². The lowest BCUT2D eigenvalue weighted by Crippen LogP contribution is -2.37. The molecule has 0 unspecified atom stereocenters. The highest BCUT2D eigenvalue weighted by Gasteiger charge is 2.22. The van der Waals surface area contributed by atoms with Gasteiger partial charge < -0.3 is 9.80 Å². The van der Waals surface area contributed by atoms with Crippen molar-refractivity contribution in [1.82, 2.24) is 24.8 Å². The Kier molecular flexibility index (Phi) is 5.21. The van der Waals surface area contributed by atoms with E-state index < -0.39 is 0 Å². The SMILES string of the molecule is Cc1nc(C[C@H]2CCCN(c3ccncn3)C2)cc(C(=O)N(C)C)n1. The minimum atomic E-state index is -0.0852. The van der Waals surface area contributed by atoms with Crippen molar-refractivity contribution in [2.75, 3.05) is 32.1 Å². The van der Waals surface area contributed by atoms with E-state index in [0.29, 0.717) is 17.4 Å². The Morgan fingerprint density at radius 3 is 2.92 bits per heavy atom. The Labute approximate surface area is 148 Å². The summed E-state index contributed by atoms with van der Waals surface area (Å²) in [5.41, 5.74) is 1.41. The molecule has 3 heterocycles. The standard InChI is InChI=1S/C18H24N6O/c1-13-21-15(10-16(22-13)18(25)23(2)3)9-14-5-4-8-24(11-14)17-6-7-19-12-20-17/h6-7,10,12,14H,4-5,8-9,11H2,1-3H3/t14-/m1/s1. The van der Waals surface area contributed by atoms with E-state index in [2.05, 4.69) is 24.8 Å². The molecule has 0 radical (unpaired) electrons. The second-order valence-corrected chi connectivity index (χ2v) is 6.72. The highest BCUT2D eigenvalue weighted by Crippen LogP contribution is 2.23. The van der Waals surface area contributed by atoms with Gasteiger partial charge in [0, 0.05) is 39.1 Å². The van der Waals surface area contributed by atoms with Gasteiger partial charge in [0.1, 0.15) is 23.7 Å². The van der Waals surface area contributed by atoms with Crippen LogP contribution in [0.1, 0.15) is 34.8 Å². The summed E-state index contributed by atoms with van der Waals surface area (Å²) < 4.78 is 0. The minimum Gasteiger partial charge on any atom is -0.356 e. The van der Waals surface area contributed by atoms with E-state index in [-0.39, 0.29) is 5.91 Å². The molecule has 0 N–H and O–H groups in total. The van der Waals surface area contributed by atoms with Gasteiger partial charge in [-0.3, -0.25) is 4.79 Å². The molecule has 1 aliphatic heterocycles. The van der Waals surface area contributed by atoms with Crippen molar-refractivity contribution < 1.29 is 4.79 Å². The molecule has 7 nitrogen and oxygen atoms in total. The van der Waals surface area contributed by atoms with E-state index in [4.69, 9.17) is 0 Å². The van der Waals surface area contributed by atoms with Crippen molar-refractivity contribution in [2.45, 2.75) is 26.2 Å². The number of amides is 1. The number of nitrogens with zero attached hydrogens (tertiary/aromatic N) is 6. The lowest BCUT2D eigenvalue weighted by atomic mass is 9.93. The average Bonchev–Trinajstić information content (AvgIpc) is 2.61. The molecule has 0 aromatic carbocycles. The lowest BCUT2D eigenvalue weighted by molar-refractivity contribution is 0.0821. The molecule has 0 bridgehead atoms. The highest BCUT2D eigenvalue weighted by molar-refractivity contribution is 5.92. The van der Waals surface area contributed by atoms with Crippen molar-refractivity contribution in [3.05, 3.63) is 41.9 Å². The van der Waals surface area contributed by atoms with Crippen molar-refractivity contribution in [1.29, 1.82) is 0 Å². The molecule has 25 heavy (non-hydrogen) atoms. The third-order valence-corrected chi connectivity index (χ3v) is 4.42. The van der Waals surface area contributed by atoms with Gasteiger partial charge in [-0.1, -0.05) is 0 Å². The van der Waals surface area contributed by atoms with Crippen LogP contribution in [0.5, 0.6) is 0 Å². The van der Waals surface area contributed by atoms with Crippen molar-refractivity contribution >= 4 is 11.7 Å². The molecule has 2 aromatic heterocycles.